The second-order valence-electron chi connectivity index (χ2n) is 11.3. The van der Waals surface area contributed by atoms with Crippen molar-refractivity contribution in [3.63, 3.8) is 0 Å². The molecule has 1 aliphatic carbocycles. The SMILES string of the molecule is O=C(Cc1ccc(-c2ccc3ncc(N4CCN(Cc5cccnc5)CC4)nc3c2)cc1)C1(c2ccccc2)CC1. The molecule has 41 heavy (non-hydrogen) atoms. The number of carbonyl (C=O) groups is 1. The highest BCUT2D eigenvalue weighted by molar-refractivity contribution is 5.94. The van der Waals surface area contributed by atoms with Crippen LogP contribution in [0.15, 0.2) is 104 Å². The van der Waals surface area contributed by atoms with Crippen LogP contribution in [0.2, 0.25) is 0 Å². The topological polar surface area (TPSA) is 62.2 Å². The van der Waals surface area contributed by atoms with Gasteiger partial charge >= 0.3 is 0 Å². The lowest BCUT2D eigenvalue weighted by atomic mass is 9.88. The molecule has 1 saturated carbocycles. The van der Waals surface area contributed by atoms with Gasteiger partial charge in [-0.3, -0.25) is 19.7 Å². The summed E-state index contributed by atoms with van der Waals surface area (Å²) >= 11 is 0. The molecule has 204 valence electrons. The van der Waals surface area contributed by atoms with E-state index in [1.807, 2.05) is 48.9 Å². The summed E-state index contributed by atoms with van der Waals surface area (Å²) in [7, 11) is 0. The number of pyridine rings is 1. The maximum atomic E-state index is 13.2. The van der Waals surface area contributed by atoms with Crippen LogP contribution in [-0.2, 0) is 23.2 Å². The zero-order chi connectivity index (χ0) is 27.6. The standard InChI is InChI=1S/C35H33N5O/c41-33(35(14-15-35)30-6-2-1-3-7-30)21-26-8-10-28(11-9-26)29-12-13-31-32(22-29)38-34(24-37-31)40-19-17-39(18-20-40)25-27-5-4-16-36-23-27/h1-13,16,22-24H,14-15,17-21,25H2. The normalized spacial score (nSPS) is 16.5. The van der Waals surface area contributed by atoms with Crippen molar-refractivity contribution >= 4 is 22.6 Å². The van der Waals surface area contributed by atoms with E-state index in [0.29, 0.717) is 12.2 Å². The summed E-state index contributed by atoms with van der Waals surface area (Å²) in [5.74, 6) is 1.25. The summed E-state index contributed by atoms with van der Waals surface area (Å²) in [5, 5.41) is 0. The molecular formula is C35H33N5O. The lowest BCUT2D eigenvalue weighted by molar-refractivity contribution is -0.120. The van der Waals surface area contributed by atoms with Gasteiger partial charge in [0.2, 0.25) is 0 Å². The van der Waals surface area contributed by atoms with Crippen molar-refractivity contribution < 1.29 is 4.79 Å². The first kappa shape index (κ1) is 25.5. The minimum absolute atomic E-state index is 0.277. The van der Waals surface area contributed by atoms with Crippen molar-refractivity contribution in [2.75, 3.05) is 31.1 Å². The van der Waals surface area contributed by atoms with Crippen molar-refractivity contribution in [2.24, 2.45) is 0 Å². The van der Waals surface area contributed by atoms with Crippen LogP contribution < -0.4 is 4.90 Å². The zero-order valence-electron chi connectivity index (χ0n) is 23.1. The summed E-state index contributed by atoms with van der Waals surface area (Å²) < 4.78 is 0. The van der Waals surface area contributed by atoms with E-state index < -0.39 is 0 Å². The van der Waals surface area contributed by atoms with E-state index in [4.69, 9.17) is 9.97 Å². The lowest BCUT2D eigenvalue weighted by Crippen LogP contribution is -2.46. The zero-order valence-corrected chi connectivity index (χ0v) is 23.1. The van der Waals surface area contributed by atoms with E-state index in [9.17, 15) is 4.79 Å². The first-order chi connectivity index (χ1) is 20.2. The van der Waals surface area contributed by atoms with Crippen molar-refractivity contribution in [3.8, 4) is 11.1 Å². The maximum absolute atomic E-state index is 13.2. The number of nitrogens with zero attached hydrogens (tertiary/aromatic N) is 5. The number of carbonyl (C=O) groups excluding carboxylic acids is 1. The highest BCUT2D eigenvalue weighted by atomic mass is 16.1. The Balaban J connectivity index is 1.02. The number of ketones is 1. The monoisotopic (exact) mass is 539 g/mol. The van der Waals surface area contributed by atoms with E-state index in [2.05, 4.69) is 69.4 Å². The quantitative estimate of drug-likeness (QED) is 0.246. The van der Waals surface area contributed by atoms with Crippen LogP contribution in [0.25, 0.3) is 22.2 Å². The van der Waals surface area contributed by atoms with Crippen LogP contribution in [0, 0.1) is 0 Å². The van der Waals surface area contributed by atoms with Gasteiger partial charge in [-0.05, 0) is 58.9 Å². The third-order valence-electron chi connectivity index (χ3n) is 8.62. The fraction of sp³-hybridized carbons (Fsp3) is 0.257. The van der Waals surface area contributed by atoms with Gasteiger partial charge in [-0.25, -0.2) is 4.98 Å². The van der Waals surface area contributed by atoms with E-state index >= 15 is 0 Å². The van der Waals surface area contributed by atoms with Crippen molar-refractivity contribution in [1.82, 2.24) is 19.9 Å². The van der Waals surface area contributed by atoms with Gasteiger partial charge in [0.05, 0.1) is 22.6 Å². The number of benzene rings is 3. The average molecular weight is 540 g/mol. The molecular weight excluding hydrogens is 506 g/mol. The summed E-state index contributed by atoms with van der Waals surface area (Å²) in [6.45, 7) is 4.74. The maximum Gasteiger partial charge on any atom is 0.147 e. The molecule has 1 aliphatic heterocycles. The van der Waals surface area contributed by atoms with Gasteiger partial charge in [-0.15, -0.1) is 0 Å². The van der Waals surface area contributed by atoms with Gasteiger partial charge in [-0.1, -0.05) is 66.7 Å². The van der Waals surface area contributed by atoms with Gasteiger partial charge in [0.15, 0.2) is 0 Å². The molecule has 2 aromatic heterocycles. The van der Waals surface area contributed by atoms with Crippen LogP contribution in [0.1, 0.15) is 29.5 Å². The predicted molar refractivity (Wildman–Crippen MR) is 163 cm³/mol. The molecule has 5 aromatic rings. The Morgan fingerprint density at radius 3 is 2.27 bits per heavy atom. The average Bonchev–Trinajstić information content (AvgIpc) is 3.85. The molecule has 2 aliphatic rings. The number of hydrogen-bond acceptors (Lipinski definition) is 6. The summed E-state index contributed by atoms with van der Waals surface area (Å²) in [6.07, 6.45) is 8.04. The van der Waals surface area contributed by atoms with Gasteiger partial charge in [0.1, 0.15) is 11.6 Å². The number of rotatable bonds is 8. The lowest BCUT2D eigenvalue weighted by Gasteiger charge is -2.35. The molecule has 0 bridgehead atoms. The number of piperazine rings is 1. The highest BCUT2D eigenvalue weighted by Gasteiger charge is 2.50. The minimum atomic E-state index is -0.277. The van der Waals surface area contributed by atoms with Crippen molar-refractivity contribution in [3.05, 3.63) is 120 Å². The van der Waals surface area contributed by atoms with Crippen LogP contribution >= 0.6 is 0 Å². The highest BCUT2D eigenvalue weighted by Crippen LogP contribution is 2.49. The van der Waals surface area contributed by atoms with E-state index in [1.54, 1.807) is 0 Å². The van der Waals surface area contributed by atoms with Crippen LogP contribution in [-0.4, -0.2) is 51.8 Å². The molecule has 6 nitrogen and oxygen atoms in total. The molecule has 7 rings (SSSR count). The smallest absolute Gasteiger partial charge is 0.147 e. The van der Waals surface area contributed by atoms with E-state index in [1.165, 1.54) is 5.56 Å². The number of hydrogen-bond donors (Lipinski definition) is 0. The van der Waals surface area contributed by atoms with Crippen molar-refractivity contribution in [2.45, 2.75) is 31.2 Å². The molecule has 0 spiro atoms. The number of aromatic nitrogens is 3. The second kappa shape index (κ2) is 10.9. The molecule has 0 atom stereocenters. The summed E-state index contributed by atoms with van der Waals surface area (Å²) in [4.78, 5) is 32.0. The van der Waals surface area contributed by atoms with Crippen LogP contribution in [0.3, 0.4) is 0 Å². The molecule has 2 fully saturated rings. The fourth-order valence-electron chi connectivity index (χ4n) is 6.00. The van der Waals surface area contributed by atoms with Gasteiger partial charge in [-0.2, -0.15) is 0 Å². The Hall–Kier alpha value is -4.42. The van der Waals surface area contributed by atoms with Gasteiger partial charge in [0, 0.05) is 51.5 Å². The predicted octanol–water partition coefficient (Wildman–Crippen LogP) is 5.86. The largest absolute Gasteiger partial charge is 0.353 e. The molecule has 0 unspecified atom stereocenters. The number of fused-ring (bicyclic) bond motifs is 1. The van der Waals surface area contributed by atoms with Crippen LogP contribution in [0.4, 0.5) is 5.82 Å². The third-order valence-corrected chi connectivity index (χ3v) is 8.62. The fourth-order valence-corrected chi connectivity index (χ4v) is 6.00. The first-order valence-corrected chi connectivity index (χ1v) is 14.5. The molecule has 0 radical (unpaired) electrons. The number of anilines is 1. The Labute approximate surface area is 240 Å². The molecule has 3 heterocycles. The Morgan fingerprint density at radius 1 is 0.756 bits per heavy atom. The third kappa shape index (κ3) is 5.35. The van der Waals surface area contributed by atoms with E-state index in [0.717, 1.165) is 84.7 Å². The summed E-state index contributed by atoms with van der Waals surface area (Å²) in [6, 6.07) is 29.0. The van der Waals surface area contributed by atoms with Gasteiger partial charge < -0.3 is 4.90 Å². The molecule has 6 heteroatoms. The Morgan fingerprint density at radius 2 is 1.54 bits per heavy atom. The van der Waals surface area contributed by atoms with Crippen LogP contribution in [0.5, 0.6) is 0 Å². The first-order valence-electron chi connectivity index (χ1n) is 14.5. The molecule has 0 N–H and O–H groups in total. The minimum Gasteiger partial charge on any atom is -0.353 e. The van der Waals surface area contributed by atoms with Gasteiger partial charge in [0.25, 0.3) is 0 Å². The summed E-state index contributed by atoms with van der Waals surface area (Å²) in [5.41, 5.74) is 7.20. The van der Waals surface area contributed by atoms with E-state index in [-0.39, 0.29) is 5.41 Å². The molecule has 3 aromatic carbocycles. The molecule has 0 amide bonds. The molecule has 1 saturated heterocycles. The second-order valence-corrected chi connectivity index (χ2v) is 11.3. The number of Topliss-reactive ketones (excluding diaryl/α,β-unsaturated/α-hetero) is 1. The van der Waals surface area contributed by atoms with Crippen molar-refractivity contribution in [1.29, 1.82) is 0 Å². The Kier molecular flexibility index (Phi) is 6.77. The Bertz CT molecular complexity index is 1660.